The normalized spacial score (nSPS) is 11.2. The van der Waals surface area contributed by atoms with Crippen molar-refractivity contribution in [2.45, 2.75) is 6.54 Å². The van der Waals surface area contributed by atoms with Crippen molar-refractivity contribution in [1.82, 2.24) is 9.88 Å². The number of fused-ring (bicyclic) bond motifs is 1. The molecule has 0 amide bonds. The molecule has 0 bridgehead atoms. The number of thiophene rings is 1. The van der Waals surface area contributed by atoms with Gasteiger partial charge in [-0.15, -0.1) is 11.3 Å². The minimum atomic E-state index is 0.942. The van der Waals surface area contributed by atoms with Crippen LogP contribution in [0.5, 0.6) is 0 Å². The highest BCUT2D eigenvalue weighted by atomic mass is 32.1. The predicted molar refractivity (Wildman–Crippen MR) is 53.6 cm³/mol. The molecule has 12 heavy (non-hydrogen) atoms. The summed E-state index contributed by atoms with van der Waals surface area (Å²) in [5.74, 6) is 0. The van der Waals surface area contributed by atoms with Gasteiger partial charge in [-0.25, -0.2) is 0 Å². The average molecular weight is 180 g/mol. The monoisotopic (exact) mass is 180 g/mol. The first-order valence-corrected chi connectivity index (χ1v) is 4.87. The second-order valence-electron chi connectivity index (χ2n) is 2.91. The molecule has 2 aromatic rings. The van der Waals surface area contributed by atoms with Crippen molar-refractivity contribution in [2.24, 2.45) is 7.05 Å². The maximum atomic E-state index is 3.16. The predicted octanol–water partition coefficient (Wildman–Crippen LogP) is 1.96. The molecule has 0 fully saturated rings. The van der Waals surface area contributed by atoms with Gasteiger partial charge in [0, 0.05) is 24.7 Å². The van der Waals surface area contributed by atoms with Gasteiger partial charge in [0.05, 0.1) is 0 Å². The molecule has 2 aromatic heterocycles. The zero-order valence-corrected chi connectivity index (χ0v) is 8.11. The molecule has 0 spiro atoms. The molecule has 0 aliphatic carbocycles. The minimum absolute atomic E-state index is 0.942. The fraction of sp³-hybridized carbons (Fsp3) is 0.333. The Morgan fingerprint density at radius 1 is 1.58 bits per heavy atom. The zero-order valence-electron chi connectivity index (χ0n) is 7.29. The quantitative estimate of drug-likeness (QED) is 0.747. The molecule has 1 N–H and O–H groups in total. The SMILES string of the molecule is CNCc1cc2ccsc2n1C. The smallest absolute Gasteiger partial charge is 0.102 e. The summed E-state index contributed by atoms with van der Waals surface area (Å²) in [4.78, 5) is 1.36. The van der Waals surface area contributed by atoms with Crippen LogP contribution < -0.4 is 5.32 Å². The number of nitrogens with zero attached hydrogens (tertiary/aromatic N) is 1. The van der Waals surface area contributed by atoms with Gasteiger partial charge in [-0.1, -0.05) is 0 Å². The van der Waals surface area contributed by atoms with E-state index in [-0.39, 0.29) is 0 Å². The Morgan fingerprint density at radius 3 is 3.08 bits per heavy atom. The molecule has 2 nitrogen and oxygen atoms in total. The minimum Gasteiger partial charge on any atom is -0.338 e. The molecule has 0 aliphatic rings. The lowest BCUT2D eigenvalue weighted by Gasteiger charge is -2.00. The average Bonchev–Trinajstić information content (AvgIpc) is 2.58. The molecule has 0 unspecified atom stereocenters. The second kappa shape index (κ2) is 2.92. The van der Waals surface area contributed by atoms with E-state index in [0.717, 1.165) is 6.54 Å². The molecule has 2 heterocycles. The number of aryl methyl sites for hydroxylation is 1. The Balaban J connectivity index is 2.55. The van der Waals surface area contributed by atoms with Crippen molar-refractivity contribution in [1.29, 1.82) is 0 Å². The van der Waals surface area contributed by atoms with Gasteiger partial charge < -0.3 is 9.88 Å². The summed E-state index contributed by atoms with van der Waals surface area (Å²) in [5.41, 5.74) is 1.35. The van der Waals surface area contributed by atoms with E-state index in [9.17, 15) is 0 Å². The lowest BCUT2D eigenvalue weighted by molar-refractivity contribution is 0.747. The van der Waals surface area contributed by atoms with E-state index >= 15 is 0 Å². The largest absolute Gasteiger partial charge is 0.338 e. The summed E-state index contributed by atoms with van der Waals surface area (Å²) in [5, 5.41) is 6.65. The molecular weight excluding hydrogens is 168 g/mol. The van der Waals surface area contributed by atoms with Crippen molar-refractivity contribution in [3.05, 3.63) is 23.2 Å². The Kier molecular flexibility index (Phi) is 1.90. The molecule has 3 heteroatoms. The molecular formula is C9H12N2S. The summed E-state index contributed by atoms with van der Waals surface area (Å²) in [6, 6.07) is 4.40. The van der Waals surface area contributed by atoms with Gasteiger partial charge in [0.25, 0.3) is 0 Å². The molecule has 2 rings (SSSR count). The lowest BCUT2D eigenvalue weighted by atomic mass is 10.3. The van der Waals surface area contributed by atoms with Gasteiger partial charge in [-0.3, -0.25) is 0 Å². The molecule has 64 valence electrons. The molecule has 0 radical (unpaired) electrons. The van der Waals surface area contributed by atoms with Crippen LogP contribution in [0.25, 0.3) is 10.2 Å². The summed E-state index contributed by atoms with van der Waals surface area (Å²) in [6.07, 6.45) is 0. The number of hydrogen-bond donors (Lipinski definition) is 1. The number of nitrogens with one attached hydrogen (secondary N) is 1. The van der Waals surface area contributed by atoms with E-state index in [0.29, 0.717) is 0 Å². The number of aromatic nitrogens is 1. The van der Waals surface area contributed by atoms with E-state index in [1.807, 2.05) is 7.05 Å². The highest BCUT2D eigenvalue weighted by molar-refractivity contribution is 7.16. The van der Waals surface area contributed by atoms with Crippen molar-refractivity contribution in [2.75, 3.05) is 7.05 Å². The van der Waals surface area contributed by atoms with Gasteiger partial charge in [0.1, 0.15) is 4.83 Å². The van der Waals surface area contributed by atoms with Gasteiger partial charge in [0.15, 0.2) is 0 Å². The first kappa shape index (κ1) is 7.83. The number of hydrogen-bond acceptors (Lipinski definition) is 2. The van der Waals surface area contributed by atoms with Crippen molar-refractivity contribution >= 4 is 21.6 Å². The van der Waals surface area contributed by atoms with Gasteiger partial charge in [-0.2, -0.15) is 0 Å². The molecule has 0 aromatic carbocycles. The first-order valence-electron chi connectivity index (χ1n) is 3.99. The van der Waals surface area contributed by atoms with E-state index in [2.05, 4.69) is 34.4 Å². The van der Waals surface area contributed by atoms with Crippen molar-refractivity contribution in [3.63, 3.8) is 0 Å². The topological polar surface area (TPSA) is 17.0 Å². The highest BCUT2D eigenvalue weighted by Gasteiger charge is 2.04. The highest BCUT2D eigenvalue weighted by Crippen LogP contribution is 2.23. The van der Waals surface area contributed by atoms with Gasteiger partial charge in [0.2, 0.25) is 0 Å². The summed E-state index contributed by atoms with van der Waals surface area (Å²) in [7, 11) is 4.09. The van der Waals surface area contributed by atoms with Crippen LogP contribution in [0, 0.1) is 0 Å². The maximum absolute atomic E-state index is 3.16. The summed E-state index contributed by atoms with van der Waals surface area (Å²) in [6.45, 7) is 0.942. The third-order valence-corrected chi connectivity index (χ3v) is 3.09. The maximum Gasteiger partial charge on any atom is 0.102 e. The van der Waals surface area contributed by atoms with Gasteiger partial charge in [-0.05, 0) is 24.6 Å². The van der Waals surface area contributed by atoms with Crippen LogP contribution in [-0.2, 0) is 13.6 Å². The van der Waals surface area contributed by atoms with Crippen LogP contribution in [-0.4, -0.2) is 11.6 Å². The van der Waals surface area contributed by atoms with E-state index in [1.165, 1.54) is 15.9 Å². The molecule has 0 saturated carbocycles. The Morgan fingerprint density at radius 2 is 2.42 bits per heavy atom. The lowest BCUT2D eigenvalue weighted by Crippen LogP contribution is -2.08. The summed E-state index contributed by atoms with van der Waals surface area (Å²) < 4.78 is 2.25. The summed E-state index contributed by atoms with van der Waals surface area (Å²) >= 11 is 1.80. The second-order valence-corrected chi connectivity index (χ2v) is 3.80. The van der Waals surface area contributed by atoms with E-state index < -0.39 is 0 Å². The van der Waals surface area contributed by atoms with Crippen LogP contribution >= 0.6 is 11.3 Å². The Hall–Kier alpha value is -0.800. The van der Waals surface area contributed by atoms with E-state index in [4.69, 9.17) is 0 Å². The van der Waals surface area contributed by atoms with Gasteiger partial charge >= 0.3 is 0 Å². The van der Waals surface area contributed by atoms with Crippen molar-refractivity contribution < 1.29 is 0 Å². The van der Waals surface area contributed by atoms with Crippen LogP contribution in [0.15, 0.2) is 17.5 Å². The fourth-order valence-corrected chi connectivity index (χ4v) is 2.33. The standard InChI is InChI=1S/C9H12N2S/c1-10-6-8-5-7-3-4-12-9(7)11(8)2/h3-5,10H,6H2,1-2H3. The molecule has 0 atom stereocenters. The molecule has 0 aliphatic heterocycles. The Bertz CT molecular complexity index is 386. The number of rotatable bonds is 2. The van der Waals surface area contributed by atoms with Crippen LogP contribution in [0.4, 0.5) is 0 Å². The third kappa shape index (κ3) is 1.06. The third-order valence-electron chi connectivity index (χ3n) is 2.09. The van der Waals surface area contributed by atoms with Crippen LogP contribution in [0.1, 0.15) is 5.69 Å². The Labute approximate surface area is 75.8 Å². The van der Waals surface area contributed by atoms with Crippen molar-refractivity contribution in [3.8, 4) is 0 Å². The molecule has 0 saturated heterocycles. The first-order chi connectivity index (χ1) is 5.83. The fourth-order valence-electron chi connectivity index (χ4n) is 1.45. The van der Waals surface area contributed by atoms with Crippen LogP contribution in [0.3, 0.4) is 0 Å². The van der Waals surface area contributed by atoms with E-state index in [1.54, 1.807) is 11.3 Å². The zero-order chi connectivity index (χ0) is 8.55. The van der Waals surface area contributed by atoms with Crippen LogP contribution in [0.2, 0.25) is 0 Å².